The van der Waals surface area contributed by atoms with E-state index in [4.69, 9.17) is 14.2 Å². The highest BCUT2D eigenvalue weighted by atomic mass is 16.5. The maximum absolute atomic E-state index is 9.90. The summed E-state index contributed by atoms with van der Waals surface area (Å²) >= 11 is 0. The van der Waals surface area contributed by atoms with Crippen LogP contribution in [0, 0.1) is 5.92 Å². The van der Waals surface area contributed by atoms with E-state index in [-0.39, 0.29) is 0 Å². The van der Waals surface area contributed by atoms with Crippen LogP contribution < -0.4 is 5.32 Å². The molecule has 5 heteroatoms. The Morgan fingerprint density at radius 1 is 0.792 bits per heavy atom. The predicted molar refractivity (Wildman–Crippen MR) is 103 cm³/mol. The quantitative estimate of drug-likeness (QED) is 0.380. The van der Waals surface area contributed by atoms with Crippen molar-refractivity contribution in [3.8, 4) is 0 Å². The normalized spacial score (nSPS) is 9.62. The highest BCUT2D eigenvalue weighted by Crippen LogP contribution is 1.93. The second-order valence-electron chi connectivity index (χ2n) is 6.06. The van der Waals surface area contributed by atoms with Gasteiger partial charge < -0.3 is 19.5 Å². The fourth-order valence-corrected chi connectivity index (χ4v) is 1.19. The summed E-state index contributed by atoms with van der Waals surface area (Å²) in [5.74, 6) is 0.833. The van der Waals surface area contributed by atoms with E-state index in [1.54, 1.807) is 0 Å². The van der Waals surface area contributed by atoms with Crippen molar-refractivity contribution in [3.63, 3.8) is 0 Å². The van der Waals surface area contributed by atoms with Crippen molar-refractivity contribution in [1.29, 1.82) is 0 Å². The molecule has 0 atom stereocenters. The molecule has 0 aliphatic rings. The molecule has 0 aromatic rings. The Morgan fingerprint density at radius 2 is 1.21 bits per heavy atom. The molecule has 24 heavy (non-hydrogen) atoms. The molecule has 5 nitrogen and oxygen atoms in total. The van der Waals surface area contributed by atoms with Gasteiger partial charge in [-0.2, -0.15) is 0 Å². The number of carbonyl (C=O) groups excluding carboxylic acids is 1. The van der Waals surface area contributed by atoms with Gasteiger partial charge in [0.2, 0.25) is 6.41 Å². The molecule has 0 rings (SSSR count). The van der Waals surface area contributed by atoms with Crippen molar-refractivity contribution in [2.75, 3.05) is 46.2 Å². The van der Waals surface area contributed by atoms with Gasteiger partial charge in [-0.15, -0.1) is 0 Å². The second-order valence-corrected chi connectivity index (χ2v) is 6.06. The van der Waals surface area contributed by atoms with E-state index < -0.39 is 0 Å². The van der Waals surface area contributed by atoms with Crippen LogP contribution >= 0.6 is 0 Å². The third-order valence-electron chi connectivity index (χ3n) is 2.11. The number of hydrogen-bond acceptors (Lipinski definition) is 4. The fraction of sp³-hybridized carbons (Fsp3) is 0.947. The molecule has 0 aliphatic carbocycles. The van der Waals surface area contributed by atoms with Gasteiger partial charge in [-0.25, -0.2) is 0 Å². The molecular formula is C19H43NO4. The monoisotopic (exact) mass is 349 g/mol. The van der Waals surface area contributed by atoms with Crippen LogP contribution in [0.1, 0.15) is 67.2 Å². The van der Waals surface area contributed by atoms with Gasteiger partial charge in [0.05, 0.1) is 33.0 Å². The van der Waals surface area contributed by atoms with Crippen LogP contribution in [-0.2, 0) is 19.0 Å². The Bertz CT molecular complexity index is 199. The largest absolute Gasteiger partial charge is 0.379 e. The van der Waals surface area contributed by atoms with Crippen LogP contribution in [0.5, 0.6) is 0 Å². The Morgan fingerprint density at radius 3 is 1.62 bits per heavy atom. The molecule has 0 spiro atoms. The van der Waals surface area contributed by atoms with Crippen LogP contribution in [0.4, 0.5) is 0 Å². The minimum absolute atomic E-state index is 0.523. The lowest BCUT2D eigenvalue weighted by molar-refractivity contribution is -0.109. The zero-order valence-corrected chi connectivity index (χ0v) is 17.1. The van der Waals surface area contributed by atoms with E-state index in [1.807, 2.05) is 0 Å². The van der Waals surface area contributed by atoms with Crippen LogP contribution in [0.15, 0.2) is 0 Å². The fourth-order valence-electron chi connectivity index (χ4n) is 1.19. The number of rotatable bonds is 14. The summed E-state index contributed by atoms with van der Waals surface area (Å²) in [5, 5.41) is 2.52. The molecule has 0 aromatic heterocycles. The Labute approximate surface area is 150 Å². The lowest BCUT2D eigenvalue weighted by atomic mass is 10.3. The summed E-state index contributed by atoms with van der Waals surface area (Å²) in [6.07, 6.45) is 5.48. The van der Waals surface area contributed by atoms with E-state index in [0.717, 1.165) is 18.9 Å². The van der Waals surface area contributed by atoms with Gasteiger partial charge in [0.15, 0.2) is 0 Å². The van der Waals surface area contributed by atoms with Gasteiger partial charge in [0, 0.05) is 13.2 Å². The molecule has 0 heterocycles. The molecule has 0 radical (unpaired) electrons. The van der Waals surface area contributed by atoms with Gasteiger partial charge >= 0.3 is 0 Å². The predicted octanol–water partition coefficient (Wildman–Crippen LogP) is 4.05. The van der Waals surface area contributed by atoms with Gasteiger partial charge in [0.25, 0.3) is 0 Å². The second kappa shape index (κ2) is 30.3. The summed E-state index contributed by atoms with van der Waals surface area (Å²) in [7, 11) is 0. The van der Waals surface area contributed by atoms with Crippen LogP contribution in [0.25, 0.3) is 0 Å². The van der Waals surface area contributed by atoms with Crippen molar-refractivity contribution in [2.24, 2.45) is 5.92 Å². The van der Waals surface area contributed by atoms with Gasteiger partial charge in [-0.05, 0) is 12.3 Å². The van der Waals surface area contributed by atoms with E-state index in [2.05, 4.69) is 46.9 Å². The maximum Gasteiger partial charge on any atom is 0.207 e. The standard InChI is InChI=1S/C12H25NO4.C4H10.C3H8/c1-2-3-4-6-15-8-10-17-11-9-16-7-5-13-12-14;1-4(2)3;1-3-2/h12H,2-11H2,1H3,(H,13,14);4H,1-3H3;3H2,1-2H3. The van der Waals surface area contributed by atoms with E-state index >= 15 is 0 Å². The molecule has 0 aromatic carbocycles. The third-order valence-corrected chi connectivity index (χ3v) is 2.11. The van der Waals surface area contributed by atoms with Crippen LogP contribution in [0.3, 0.4) is 0 Å². The highest BCUT2D eigenvalue weighted by molar-refractivity contribution is 5.45. The lowest BCUT2D eigenvalue weighted by Gasteiger charge is -2.06. The first-order valence-corrected chi connectivity index (χ1v) is 9.46. The van der Waals surface area contributed by atoms with Crippen molar-refractivity contribution in [2.45, 2.75) is 67.2 Å². The summed E-state index contributed by atoms with van der Waals surface area (Å²) in [6, 6.07) is 0. The van der Waals surface area contributed by atoms with E-state index in [1.165, 1.54) is 19.3 Å². The topological polar surface area (TPSA) is 56.8 Å². The zero-order valence-electron chi connectivity index (χ0n) is 17.1. The van der Waals surface area contributed by atoms with Crippen LogP contribution in [-0.4, -0.2) is 52.6 Å². The first-order valence-electron chi connectivity index (χ1n) is 9.46. The van der Waals surface area contributed by atoms with Crippen LogP contribution in [0.2, 0.25) is 0 Å². The molecule has 1 amide bonds. The number of carbonyl (C=O) groups is 1. The number of hydrogen-bond donors (Lipinski definition) is 1. The highest BCUT2D eigenvalue weighted by Gasteiger charge is 1.91. The van der Waals surface area contributed by atoms with Gasteiger partial charge in [0.1, 0.15) is 0 Å². The molecule has 0 saturated carbocycles. The molecule has 0 bridgehead atoms. The van der Waals surface area contributed by atoms with Crippen molar-refractivity contribution < 1.29 is 19.0 Å². The smallest absolute Gasteiger partial charge is 0.207 e. The molecule has 1 N–H and O–H groups in total. The lowest BCUT2D eigenvalue weighted by Crippen LogP contribution is -2.19. The van der Waals surface area contributed by atoms with E-state index in [9.17, 15) is 4.79 Å². The molecule has 148 valence electrons. The molecule has 0 aliphatic heterocycles. The number of nitrogens with one attached hydrogen (secondary N) is 1. The van der Waals surface area contributed by atoms with Gasteiger partial charge in [-0.1, -0.05) is 60.8 Å². The average Bonchev–Trinajstić information content (AvgIpc) is 2.52. The number of amides is 1. The Balaban J connectivity index is -0.000000531. The van der Waals surface area contributed by atoms with Gasteiger partial charge in [-0.3, -0.25) is 4.79 Å². The minimum Gasteiger partial charge on any atom is -0.379 e. The summed E-state index contributed by atoms with van der Waals surface area (Å²) in [4.78, 5) is 9.90. The van der Waals surface area contributed by atoms with Crippen molar-refractivity contribution in [1.82, 2.24) is 5.32 Å². The maximum atomic E-state index is 9.90. The molecular weight excluding hydrogens is 306 g/mol. The molecule has 0 unspecified atom stereocenters. The van der Waals surface area contributed by atoms with Crippen molar-refractivity contribution >= 4 is 6.41 Å². The number of unbranched alkanes of at least 4 members (excludes halogenated alkanes) is 2. The molecule has 0 fully saturated rings. The third kappa shape index (κ3) is 49.6. The first kappa shape index (κ1) is 28.2. The van der Waals surface area contributed by atoms with Crippen molar-refractivity contribution in [3.05, 3.63) is 0 Å². The average molecular weight is 350 g/mol. The van der Waals surface area contributed by atoms with E-state index in [0.29, 0.717) is 46.0 Å². The minimum atomic E-state index is 0.523. The molecule has 0 saturated heterocycles. The first-order chi connectivity index (χ1) is 11.6. The SMILES string of the molecule is CC(C)C.CCC.CCCCCOCCOCCOCCNC=O. The number of ether oxygens (including phenoxy) is 3. The summed E-state index contributed by atoms with van der Waals surface area (Å²) in [5.41, 5.74) is 0. The Kier molecular flexibility index (Phi) is 35.5. The summed E-state index contributed by atoms with van der Waals surface area (Å²) < 4.78 is 15.9. The summed E-state index contributed by atoms with van der Waals surface area (Å²) in [6.45, 7) is 17.2. The zero-order chi connectivity index (χ0) is 18.9. The Hall–Kier alpha value is -0.650.